The maximum absolute atomic E-state index is 14.7. The second-order valence-corrected chi connectivity index (χ2v) is 17.3. The molecule has 19 nitrogen and oxygen atoms in total. The normalized spacial score (nSPS) is 18.2. The summed E-state index contributed by atoms with van der Waals surface area (Å²) in [4.78, 5) is 0. The first kappa shape index (κ1) is 79.3. The minimum Gasteiger partial charge on any atom is -0.857 e. The Balaban J connectivity index is -0.00000374. The zero-order chi connectivity index (χ0) is 56.0. The van der Waals surface area contributed by atoms with Crippen LogP contribution in [0, 0.1) is 0 Å². The molecule has 0 spiro atoms. The molecule has 0 bridgehead atoms. The molecular formula is C17H2F28Li4N4O15S4. The SMILES string of the molecule is [Li+].[Li+].[Li+].[Li+].[NH-]S(=O)(=O)C(F)(F)C(F)(F)OC(F)(C([O-])=NS(=O)(=O)C(F)(F)C(F)(F)OC(F)(C([O-])=NS(=O)(=O)C(F)(F)C(F)(F)OC(F)(C([O-])=NS(=O)(=O)C(F)(F)C(O)(F)F)C(F)(F)F)C(F)(F)F)C(F)(F)F. The van der Waals surface area contributed by atoms with Gasteiger partial charge in [-0.15, -0.1) is 0 Å². The number of halogens is 28. The number of hydrogen-bond acceptors (Lipinski definition) is 15. The van der Waals surface area contributed by atoms with Crippen LogP contribution in [0.5, 0.6) is 0 Å². The molecule has 0 amide bonds. The first-order chi connectivity index (χ1) is 28.8. The van der Waals surface area contributed by atoms with Crippen LogP contribution in [0.4, 0.5) is 123 Å². The third-order valence-corrected chi connectivity index (χ3v) is 10.8. The van der Waals surface area contributed by atoms with Crippen molar-refractivity contribution in [3.8, 4) is 0 Å². The smallest absolute Gasteiger partial charge is 0.857 e. The van der Waals surface area contributed by atoms with E-state index in [0.717, 1.165) is 0 Å². The van der Waals surface area contributed by atoms with Gasteiger partial charge in [-0.2, -0.15) is 161 Å². The van der Waals surface area contributed by atoms with Gasteiger partial charge < -0.3 is 25.6 Å². The quantitative estimate of drug-likeness (QED) is 0.0512. The Labute approximate surface area is 422 Å². The number of sulfonamides is 4. The van der Waals surface area contributed by atoms with Gasteiger partial charge in [0.15, 0.2) is 0 Å². The van der Waals surface area contributed by atoms with E-state index >= 15 is 0 Å². The molecule has 0 saturated carbocycles. The summed E-state index contributed by atoms with van der Waals surface area (Å²) in [6, 6.07) is 0. The van der Waals surface area contributed by atoms with Crippen molar-refractivity contribution in [2.45, 2.75) is 81.5 Å². The van der Waals surface area contributed by atoms with E-state index < -0.39 is 139 Å². The minimum atomic E-state index is -9.32. The van der Waals surface area contributed by atoms with E-state index in [1.807, 2.05) is 0 Å². The molecule has 404 valence electrons. The summed E-state index contributed by atoms with van der Waals surface area (Å²) in [5.74, 6) is -40.6. The average molecular weight is 1190 g/mol. The van der Waals surface area contributed by atoms with Crippen molar-refractivity contribution in [1.29, 1.82) is 0 Å². The summed E-state index contributed by atoms with van der Waals surface area (Å²) in [5.41, 5.74) is 0. The summed E-state index contributed by atoms with van der Waals surface area (Å²) in [5, 5.41) is 15.6. The van der Waals surface area contributed by atoms with Gasteiger partial charge in [0.2, 0.25) is 0 Å². The zero-order valence-electron chi connectivity index (χ0n) is 32.7. The van der Waals surface area contributed by atoms with Crippen LogP contribution in [0.2, 0.25) is 0 Å². The molecule has 72 heavy (non-hydrogen) atoms. The van der Waals surface area contributed by atoms with E-state index in [-0.39, 0.29) is 88.6 Å². The van der Waals surface area contributed by atoms with Crippen LogP contribution in [-0.4, -0.2) is 138 Å². The molecule has 3 unspecified atom stereocenters. The Morgan fingerprint density at radius 3 is 0.681 bits per heavy atom. The predicted molar refractivity (Wildman–Crippen MR) is 137 cm³/mol. The van der Waals surface area contributed by atoms with E-state index in [1.54, 1.807) is 0 Å². The number of aliphatic hydroxyl groups is 1. The molecule has 0 aromatic rings. The van der Waals surface area contributed by atoms with Crippen molar-refractivity contribution in [1.82, 2.24) is 0 Å². The predicted octanol–water partition coefficient (Wildman–Crippen LogP) is -9.88. The maximum atomic E-state index is 14.7. The molecule has 3 atom stereocenters. The second-order valence-electron chi connectivity index (χ2n) is 10.9. The van der Waals surface area contributed by atoms with Gasteiger partial charge in [-0.05, 0) is 0 Å². The number of nitrogens with one attached hydrogen (secondary N) is 1. The van der Waals surface area contributed by atoms with Crippen LogP contribution in [0.15, 0.2) is 13.2 Å². The Morgan fingerprint density at radius 1 is 0.361 bits per heavy atom. The molecule has 0 aromatic carbocycles. The van der Waals surface area contributed by atoms with Crippen molar-refractivity contribution in [2.24, 2.45) is 13.2 Å². The van der Waals surface area contributed by atoms with E-state index in [9.17, 15) is 172 Å². The first-order valence-corrected chi connectivity index (χ1v) is 19.2. The van der Waals surface area contributed by atoms with Gasteiger partial charge >= 0.3 is 187 Å². The van der Waals surface area contributed by atoms with Crippen molar-refractivity contribution < 1.29 is 267 Å². The molecule has 0 saturated heterocycles. The number of alkyl halides is 28. The minimum absolute atomic E-state index is 0. The molecule has 0 aliphatic rings. The van der Waals surface area contributed by atoms with E-state index in [2.05, 4.69) is 0 Å². The van der Waals surface area contributed by atoms with Crippen LogP contribution in [-0.2, 0) is 54.3 Å². The Kier molecular flexibility index (Phi) is 24.3. The Hall–Kier alpha value is -1.56. The van der Waals surface area contributed by atoms with E-state index in [1.165, 1.54) is 14.2 Å². The largest absolute Gasteiger partial charge is 1.00 e. The number of hydrogen-bond donors (Lipinski definition) is 1. The summed E-state index contributed by atoms with van der Waals surface area (Å²) in [7, 11) is -34.6. The molecule has 0 fully saturated rings. The van der Waals surface area contributed by atoms with Gasteiger partial charge in [-0.25, -0.2) is 8.42 Å². The monoisotopic (exact) mass is 1190 g/mol. The molecule has 0 radical (unpaired) electrons. The van der Waals surface area contributed by atoms with Crippen LogP contribution in [0.25, 0.3) is 5.14 Å². The second kappa shape index (κ2) is 22.1. The van der Waals surface area contributed by atoms with Gasteiger partial charge in [0.25, 0.3) is 0 Å². The fraction of sp³-hybridized carbons (Fsp3) is 0.824. The van der Waals surface area contributed by atoms with Gasteiger partial charge in [0.1, 0.15) is 10.0 Å². The Bertz CT molecular complexity index is 2510. The molecule has 55 heteroatoms. The average Bonchev–Trinajstić information content (AvgIpc) is 3.03. The molecule has 2 N–H and O–H groups in total. The number of nitrogens with zero attached hydrogens (tertiary/aromatic N) is 3. The van der Waals surface area contributed by atoms with Gasteiger partial charge in [0.05, 0.1) is 17.7 Å². The molecule has 0 heterocycles. The molecule has 0 aliphatic carbocycles. The third-order valence-electron chi connectivity index (χ3n) is 6.01. The van der Waals surface area contributed by atoms with E-state index in [0.29, 0.717) is 0 Å². The van der Waals surface area contributed by atoms with Gasteiger partial charge in [-0.3, -0.25) is 14.2 Å². The molecule has 0 aromatic heterocycles. The standard InChI is InChI=1S/C17H5F28N4O15S4.4Li/c18-4(7(21,22)23,62-11(32,33)15(40,41)65(46,54)55)2(51)48-67(58,59)17(44,45)13(36,37)64-6(20,9(27,28)29)3(52)49-68(60,61)16(42,43)12(34,35)63-5(19,8(24,25)26)1(50)47-66(56,57)14(38,39)10(30,31)53;;;;/h53H,(H4-,46,47,48,49,50,51,52,54,55);;;;/q-1;4*+1/p-3. The summed E-state index contributed by atoms with van der Waals surface area (Å²) < 4.78 is 474. The number of ether oxygens (including phenoxy) is 3. The molecule has 0 aliphatic heterocycles. The van der Waals surface area contributed by atoms with E-state index in [4.69, 9.17) is 10.2 Å². The van der Waals surface area contributed by atoms with Crippen molar-refractivity contribution >= 4 is 57.8 Å². The van der Waals surface area contributed by atoms with Crippen LogP contribution in [0.3, 0.4) is 0 Å². The zero-order valence-corrected chi connectivity index (χ0v) is 36.0. The summed E-state index contributed by atoms with van der Waals surface area (Å²) >= 11 is 0. The topological polar surface area (TPSA) is 315 Å². The van der Waals surface area contributed by atoms with Crippen molar-refractivity contribution in [3.63, 3.8) is 0 Å². The fourth-order valence-corrected chi connectivity index (χ4v) is 5.36. The summed E-state index contributed by atoms with van der Waals surface area (Å²) in [6.45, 7) is 0. The van der Waals surface area contributed by atoms with Gasteiger partial charge in [-0.1, -0.05) is 0 Å². The van der Waals surface area contributed by atoms with Crippen molar-refractivity contribution in [3.05, 3.63) is 5.14 Å². The van der Waals surface area contributed by atoms with Crippen LogP contribution in [0.1, 0.15) is 0 Å². The maximum Gasteiger partial charge on any atom is 1.00 e. The first-order valence-electron chi connectivity index (χ1n) is 13.4. The Morgan fingerprint density at radius 2 is 0.528 bits per heavy atom. The van der Waals surface area contributed by atoms with Crippen LogP contribution < -0.4 is 90.8 Å². The third kappa shape index (κ3) is 14.1. The number of rotatable bonds is 20. The summed E-state index contributed by atoms with van der Waals surface area (Å²) in [6.07, 6.45) is -57.1. The van der Waals surface area contributed by atoms with Gasteiger partial charge in [0, 0.05) is 0 Å². The van der Waals surface area contributed by atoms with Crippen molar-refractivity contribution in [2.75, 3.05) is 0 Å². The molecular weight excluding hydrogens is 1190 g/mol. The van der Waals surface area contributed by atoms with Crippen LogP contribution >= 0.6 is 0 Å². The molecule has 0 rings (SSSR count). The fourth-order valence-electron chi connectivity index (χ4n) is 2.66.